The van der Waals surface area contributed by atoms with Gasteiger partial charge in [-0.2, -0.15) is 0 Å². The van der Waals surface area contributed by atoms with E-state index < -0.39 is 74.6 Å². The zero-order valence-corrected chi connectivity index (χ0v) is 12.0. The maximum atomic E-state index is 10.00. The summed E-state index contributed by atoms with van der Waals surface area (Å²) in [6.45, 7) is -2.32. The minimum absolute atomic E-state index is 0.669. The second-order valence-electron chi connectivity index (χ2n) is 5.56. The monoisotopic (exact) mass is 342 g/mol. The minimum Gasteiger partial charge on any atom is -0.394 e. The van der Waals surface area contributed by atoms with E-state index in [1.807, 2.05) is 0 Å². The van der Waals surface area contributed by atoms with Crippen molar-refractivity contribution in [2.45, 2.75) is 54.8 Å². The topological polar surface area (TPSA) is 190 Å². The molecule has 11 nitrogen and oxygen atoms in total. The molecule has 2 heterocycles. The fraction of sp³-hybridized carbons (Fsp3) is 1.00. The highest BCUT2D eigenvalue weighted by Crippen LogP contribution is 2.35. The normalized spacial score (nSPS) is 51.1. The third-order valence-corrected chi connectivity index (χ3v) is 4.07. The van der Waals surface area contributed by atoms with E-state index in [1.165, 1.54) is 0 Å². The van der Waals surface area contributed by atoms with Crippen LogP contribution < -0.4 is 0 Å². The van der Waals surface area contributed by atoms with Gasteiger partial charge in [-0.3, -0.25) is 0 Å². The summed E-state index contributed by atoms with van der Waals surface area (Å²) >= 11 is 0. The first-order valence-electron chi connectivity index (χ1n) is 7.05. The Labute approximate surface area is 130 Å². The predicted molar refractivity (Wildman–Crippen MR) is 68.6 cm³/mol. The summed E-state index contributed by atoms with van der Waals surface area (Å²) in [6, 6.07) is 0. The molecule has 136 valence electrons. The van der Waals surface area contributed by atoms with E-state index in [0.717, 1.165) is 0 Å². The molecule has 2 fully saturated rings. The summed E-state index contributed by atoms with van der Waals surface area (Å²) in [4.78, 5) is 0. The van der Waals surface area contributed by atoms with Gasteiger partial charge in [0.05, 0.1) is 13.2 Å². The van der Waals surface area contributed by atoms with Crippen molar-refractivity contribution in [3.8, 4) is 0 Å². The molecule has 0 aromatic rings. The van der Waals surface area contributed by atoms with E-state index in [1.54, 1.807) is 0 Å². The number of rotatable bonds is 5. The molecule has 2 saturated heterocycles. The van der Waals surface area contributed by atoms with Crippen LogP contribution >= 0.6 is 0 Å². The average Bonchev–Trinajstić information content (AvgIpc) is 2.80. The maximum absolute atomic E-state index is 10.00. The highest BCUT2D eigenvalue weighted by atomic mass is 16.8. The van der Waals surface area contributed by atoms with Gasteiger partial charge in [0.1, 0.15) is 49.3 Å². The molecular formula is C12H22O11. The Bertz CT molecular complexity index is 393. The smallest absolute Gasteiger partial charge is 0.224 e. The van der Waals surface area contributed by atoms with E-state index in [2.05, 4.69) is 0 Å². The van der Waals surface area contributed by atoms with Gasteiger partial charge in [0, 0.05) is 0 Å². The highest BCUT2D eigenvalue weighted by Gasteiger charge is 2.58. The fourth-order valence-corrected chi connectivity index (χ4v) is 2.63. The molecular weight excluding hydrogens is 320 g/mol. The second kappa shape index (κ2) is 7.21. The molecule has 6 unspecified atom stereocenters. The molecule has 2 rings (SSSR count). The van der Waals surface area contributed by atoms with Crippen LogP contribution in [0, 0.1) is 0 Å². The van der Waals surface area contributed by atoms with Crippen LogP contribution in [0.3, 0.4) is 0 Å². The maximum Gasteiger partial charge on any atom is 0.224 e. The quantitative estimate of drug-likeness (QED) is 0.238. The third kappa shape index (κ3) is 3.23. The SMILES string of the molecule is OCC1OC(O[C@]2(CO)OC(CO)[C@H](O)[C@H]2O)C(O)C(O)C1O. The summed E-state index contributed by atoms with van der Waals surface area (Å²) in [5.74, 6) is -2.22. The van der Waals surface area contributed by atoms with Crippen LogP contribution in [-0.4, -0.2) is 115 Å². The zero-order chi connectivity index (χ0) is 17.4. The van der Waals surface area contributed by atoms with Crippen LogP contribution in [0.25, 0.3) is 0 Å². The average molecular weight is 342 g/mol. The molecule has 0 bridgehead atoms. The molecule has 0 saturated carbocycles. The Hall–Kier alpha value is -0.440. The van der Waals surface area contributed by atoms with Gasteiger partial charge in [0.15, 0.2) is 6.29 Å². The van der Waals surface area contributed by atoms with Gasteiger partial charge in [-0.25, -0.2) is 0 Å². The standard InChI is InChI=1S/C12H22O11/c13-1-4-6(16)8(18)9(19)11(21-4)23-12(3-15)10(20)7(17)5(2-14)22-12/h4-11,13-20H,1-3H2/t4?,5?,6?,7-,8?,9?,10+,11?,12-/m0/s1. The van der Waals surface area contributed by atoms with Crippen molar-refractivity contribution in [1.29, 1.82) is 0 Å². The summed E-state index contributed by atoms with van der Waals surface area (Å²) in [5.41, 5.74) is 0. The molecule has 0 aromatic heterocycles. The summed E-state index contributed by atoms with van der Waals surface area (Å²) in [6.07, 6.45) is -12.7. The van der Waals surface area contributed by atoms with Crippen molar-refractivity contribution in [3.63, 3.8) is 0 Å². The lowest BCUT2D eigenvalue weighted by atomic mass is 9.99. The van der Waals surface area contributed by atoms with Crippen molar-refractivity contribution in [2.24, 2.45) is 0 Å². The first-order chi connectivity index (χ1) is 10.8. The lowest BCUT2D eigenvalue weighted by molar-refractivity contribution is -0.383. The van der Waals surface area contributed by atoms with E-state index in [4.69, 9.17) is 24.4 Å². The molecule has 9 atom stereocenters. The zero-order valence-electron chi connectivity index (χ0n) is 12.0. The lowest BCUT2D eigenvalue weighted by Gasteiger charge is -2.43. The van der Waals surface area contributed by atoms with Crippen molar-refractivity contribution in [1.82, 2.24) is 0 Å². The molecule has 0 radical (unpaired) electrons. The van der Waals surface area contributed by atoms with Crippen molar-refractivity contribution in [2.75, 3.05) is 19.8 Å². The molecule has 0 aromatic carbocycles. The number of aliphatic hydroxyl groups excluding tert-OH is 8. The van der Waals surface area contributed by atoms with Crippen molar-refractivity contribution < 1.29 is 55.1 Å². The highest BCUT2D eigenvalue weighted by molar-refractivity contribution is 4.98. The Kier molecular flexibility index (Phi) is 5.92. The van der Waals surface area contributed by atoms with Gasteiger partial charge >= 0.3 is 0 Å². The van der Waals surface area contributed by atoms with Gasteiger partial charge in [-0.15, -0.1) is 0 Å². The predicted octanol–water partition coefficient (Wildman–Crippen LogP) is -5.40. The van der Waals surface area contributed by atoms with Crippen LogP contribution in [-0.2, 0) is 14.2 Å². The van der Waals surface area contributed by atoms with Gasteiger partial charge in [0.25, 0.3) is 0 Å². The second-order valence-corrected chi connectivity index (χ2v) is 5.56. The Morgan fingerprint density at radius 1 is 0.783 bits per heavy atom. The van der Waals surface area contributed by atoms with Crippen LogP contribution in [0.2, 0.25) is 0 Å². The number of hydrogen-bond acceptors (Lipinski definition) is 11. The molecule has 8 N–H and O–H groups in total. The molecule has 2 aliphatic heterocycles. The van der Waals surface area contributed by atoms with E-state index in [9.17, 15) is 30.6 Å². The molecule has 0 amide bonds. The fourth-order valence-electron chi connectivity index (χ4n) is 2.63. The first kappa shape index (κ1) is 18.9. The van der Waals surface area contributed by atoms with Crippen LogP contribution in [0.4, 0.5) is 0 Å². The van der Waals surface area contributed by atoms with Crippen molar-refractivity contribution in [3.05, 3.63) is 0 Å². The van der Waals surface area contributed by atoms with Gasteiger partial charge in [-0.05, 0) is 0 Å². The molecule has 23 heavy (non-hydrogen) atoms. The molecule has 2 aliphatic rings. The molecule has 11 heteroatoms. The Morgan fingerprint density at radius 2 is 1.39 bits per heavy atom. The van der Waals surface area contributed by atoms with E-state index in [0.29, 0.717) is 0 Å². The number of hydrogen-bond donors (Lipinski definition) is 8. The summed E-state index contributed by atoms with van der Waals surface area (Å²) < 4.78 is 15.4. The van der Waals surface area contributed by atoms with E-state index in [-0.39, 0.29) is 0 Å². The summed E-state index contributed by atoms with van der Waals surface area (Å²) in [7, 11) is 0. The van der Waals surface area contributed by atoms with Gasteiger partial charge in [-0.1, -0.05) is 0 Å². The van der Waals surface area contributed by atoms with Crippen molar-refractivity contribution >= 4 is 0 Å². The Morgan fingerprint density at radius 3 is 1.87 bits per heavy atom. The molecule has 0 aliphatic carbocycles. The minimum atomic E-state index is -2.22. The lowest BCUT2D eigenvalue weighted by Crippen LogP contribution is -2.62. The Balaban J connectivity index is 2.18. The van der Waals surface area contributed by atoms with E-state index >= 15 is 0 Å². The largest absolute Gasteiger partial charge is 0.394 e. The van der Waals surface area contributed by atoms with Gasteiger partial charge in [0.2, 0.25) is 5.79 Å². The van der Waals surface area contributed by atoms with Crippen LogP contribution in [0.5, 0.6) is 0 Å². The summed E-state index contributed by atoms with van der Waals surface area (Å²) in [5, 5.41) is 76.7. The number of ether oxygens (including phenoxy) is 3. The number of aliphatic hydroxyl groups is 8. The van der Waals surface area contributed by atoms with Crippen LogP contribution in [0.15, 0.2) is 0 Å². The third-order valence-electron chi connectivity index (χ3n) is 4.07. The van der Waals surface area contributed by atoms with Crippen LogP contribution in [0.1, 0.15) is 0 Å². The van der Waals surface area contributed by atoms with Gasteiger partial charge < -0.3 is 55.1 Å². The first-order valence-corrected chi connectivity index (χ1v) is 7.05. The molecule has 0 spiro atoms.